The molecule has 2 fully saturated rings. The van der Waals surface area contributed by atoms with Crippen LogP contribution in [0.1, 0.15) is 41.0 Å². The van der Waals surface area contributed by atoms with Crippen molar-refractivity contribution in [3.8, 4) is 17.6 Å². The van der Waals surface area contributed by atoms with E-state index in [9.17, 15) is 15.5 Å². The number of methoxy groups -OCH3 is 1. The first-order valence-corrected chi connectivity index (χ1v) is 12.4. The van der Waals surface area contributed by atoms with Crippen LogP contribution in [-0.2, 0) is 11.2 Å². The number of fused-ring (bicyclic) bond motifs is 3. The molecule has 2 aliphatic heterocycles. The maximum atomic E-state index is 12.8. The number of pyridine rings is 1. The average molecular weight is 484 g/mol. The topological polar surface area (TPSA) is 98.8 Å². The maximum absolute atomic E-state index is 12.8. The summed E-state index contributed by atoms with van der Waals surface area (Å²) in [4.78, 5) is 6.64. The van der Waals surface area contributed by atoms with Crippen molar-refractivity contribution in [1.29, 1.82) is 5.26 Å². The van der Waals surface area contributed by atoms with Crippen LogP contribution in [0.25, 0.3) is 0 Å². The molecule has 6 rings (SSSR count). The van der Waals surface area contributed by atoms with E-state index in [0.29, 0.717) is 34.7 Å². The number of hydrogen-bond acceptors (Lipinski definition) is 7. The van der Waals surface area contributed by atoms with Gasteiger partial charge in [-0.25, -0.2) is 0 Å². The lowest BCUT2D eigenvalue weighted by Crippen LogP contribution is -2.52. The Morgan fingerprint density at radius 3 is 2.50 bits per heavy atom. The van der Waals surface area contributed by atoms with Gasteiger partial charge in [-0.2, -0.15) is 5.26 Å². The first kappa shape index (κ1) is 23.0. The van der Waals surface area contributed by atoms with Gasteiger partial charge in [0.2, 0.25) is 0 Å². The number of aromatic nitrogens is 1. The monoisotopic (exact) mass is 483 g/mol. The number of hydrogen-bond donors (Lipinski definition) is 2. The number of likely N-dealkylation sites (tertiary alicyclic amines) is 1. The third kappa shape index (κ3) is 3.05. The van der Waals surface area contributed by atoms with Gasteiger partial charge in [0.25, 0.3) is 0 Å². The minimum atomic E-state index is -1.81. The third-order valence-corrected chi connectivity index (χ3v) is 8.28. The second-order valence-electron chi connectivity index (χ2n) is 10.0. The molecule has 0 amide bonds. The number of aliphatic hydroxyl groups is 2. The van der Waals surface area contributed by atoms with Gasteiger partial charge >= 0.3 is 0 Å². The normalized spacial score (nSPS) is 30.9. The molecular weight excluding hydrogens is 454 g/mol. The second-order valence-corrected chi connectivity index (χ2v) is 10.0. The van der Waals surface area contributed by atoms with E-state index in [1.165, 1.54) is 7.11 Å². The number of benzene rings is 2. The summed E-state index contributed by atoms with van der Waals surface area (Å²) in [5.41, 5.74) is -0.570. The maximum Gasteiger partial charge on any atom is 0.177 e. The summed E-state index contributed by atoms with van der Waals surface area (Å²) in [7, 11) is 1.53. The van der Waals surface area contributed by atoms with Crippen LogP contribution in [0, 0.1) is 17.2 Å². The number of nitriles is 1. The average Bonchev–Trinajstić information content (AvgIpc) is 3.58. The fourth-order valence-corrected chi connectivity index (χ4v) is 6.79. The van der Waals surface area contributed by atoms with Gasteiger partial charge in [0.1, 0.15) is 11.5 Å². The van der Waals surface area contributed by atoms with Crippen LogP contribution >= 0.6 is 0 Å². The molecule has 7 nitrogen and oxygen atoms in total. The van der Waals surface area contributed by atoms with Gasteiger partial charge in [0.15, 0.2) is 11.2 Å². The molecule has 2 aromatic carbocycles. The molecule has 3 aliphatic rings. The smallest absolute Gasteiger partial charge is 0.177 e. The fourth-order valence-electron chi connectivity index (χ4n) is 6.79. The number of aliphatic hydroxyl groups excluding tert-OH is 1. The lowest BCUT2D eigenvalue weighted by atomic mass is 9.70. The summed E-state index contributed by atoms with van der Waals surface area (Å²) in [6, 6.07) is 19.3. The van der Waals surface area contributed by atoms with Crippen LogP contribution < -0.4 is 9.47 Å². The van der Waals surface area contributed by atoms with E-state index in [1.54, 1.807) is 24.5 Å². The van der Waals surface area contributed by atoms with Gasteiger partial charge in [-0.15, -0.1) is 0 Å². The highest BCUT2D eigenvalue weighted by molar-refractivity contribution is 5.59. The molecule has 5 atom stereocenters. The van der Waals surface area contributed by atoms with Gasteiger partial charge in [-0.3, -0.25) is 4.98 Å². The van der Waals surface area contributed by atoms with Crippen molar-refractivity contribution < 1.29 is 19.7 Å². The predicted octanol–water partition coefficient (Wildman–Crippen LogP) is 3.31. The van der Waals surface area contributed by atoms with Crippen LogP contribution in [-0.4, -0.2) is 52.9 Å². The molecule has 184 valence electrons. The van der Waals surface area contributed by atoms with Crippen molar-refractivity contribution in [1.82, 2.24) is 9.88 Å². The number of nitrogens with zero attached hydrogens (tertiary/aromatic N) is 3. The molecule has 36 heavy (non-hydrogen) atoms. The Morgan fingerprint density at radius 2 is 1.83 bits per heavy atom. The third-order valence-electron chi connectivity index (χ3n) is 8.28. The van der Waals surface area contributed by atoms with Crippen LogP contribution in [0.3, 0.4) is 0 Å². The van der Waals surface area contributed by atoms with Crippen LogP contribution in [0.2, 0.25) is 0 Å². The Labute approximate surface area is 210 Å². The van der Waals surface area contributed by atoms with E-state index in [0.717, 1.165) is 31.5 Å². The van der Waals surface area contributed by atoms with Crippen molar-refractivity contribution in [2.45, 2.75) is 36.1 Å². The summed E-state index contributed by atoms with van der Waals surface area (Å²) in [5.74, 6) is 0.0560. The Kier molecular flexibility index (Phi) is 5.49. The summed E-state index contributed by atoms with van der Waals surface area (Å²) in [5, 5.41) is 34.3. The summed E-state index contributed by atoms with van der Waals surface area (Å²) in [6.07, 6.45) is 4.24. The van der Waals surface area contributed by atoms with E-state index in [2.05, 4.69) is 16.0 Å². The van der Waals surface area contributed by atoms with E-state index in [4.69, 9.17) is 9.47 Å². The van der Waals surface area contributed by atoms with Crippen LogP contribution in [0.4, 0.5) is 0 Å². The summed E-state index contributed by atoms with van der Waals surface area (Å²) in [6.45, 7) is 2.57. The second kappa shape index (κ2) is 8.59. The molecule has 1 saturated heterocycles. The number of ether oxygens (including phenoxy) is 2. The van der Waals surface area contributed by atoms with Crippen molar-refractivity contribution in [2.75, 3.05) is 26.7 Å². The van der Waals surface area contributed by atoms with Crippen molar-refractivity contribution in [3.05, 3.63) is 89.2 Å². The lowest BCUT2D eigenvalue weighted by molar-refractivity contribution is -0.152. The van der Waals surface area contributed by atoms with Gasteiger partial charge in [0, 0.05) is 18.4 Å². The van der Waals surface area contributed by atoms with Gasteiger partial charge < -0.3 is 24.6 Å². The molecule has 0 radical (unpaired) electrons. The molecular formula is C29H29N3O4. The van der Waals surface area contributed by atoms with Crippen LogP contribution in [0.5, 0.6) is 11.5 Å². The van der Waals surface area contributed by atoms with Gasteiger partial charge in [-0.05, 0) is 49.2 Å². The van der Waals surface area contributed by atoms with Crippen molar-refractivity contribution in [3.63, 3.8) is 0 Å². The molecule has 7 heteroatoms. The molecule has 3 heterocycles. The predicted molar refractivity (Wildman–Crippen MR) is 133 cm³/mol. The molecule has 1 aliphatic carbocycles. The first-order valence-electron chi connectivity index (χ1n) is 12.4. The zero-order valence-electron chi connectivity index (χ0n) is 20.2. The highest BCUT2D eigenvalue weighted by atomic mass is 16.5. The van der Waals surface area contributed by atoms with Gasteiger partial charge in [-0.1, -0.05) is 42.5 Å². The van der Waals surface area contributed by atoms with Crippen molar-refractivity contribution in [2.24, 2.45) is 5.92 Å². The highest BCUT2D eigenvalue weighted by Gasteiger charge is 2.76. The molecule has 0 spiro atoms. The Bertz CT molecular complexity index is 1300. The first-order chi connectivity index (χ1) is 17.5. The molecule has 0 unspecified atom stereocenters. The molecule has 1 saturated carbocycles. The van der Waals surface area contributed by atoms with E-state index in [-0.39, 0.29) is 11.8 Å². The molecule has 0 bridgehead atoms. The zero-order valence-corrected chi connectivity index (χ0v) is 20.2. The molecule has 1 aromatic heterocycles. The Hall–Kier alpha value is -3.44. The molecule has 2 N–H and O–H groups in total. The summed E-state index contributed by atoms with van der Waals surface area (Å²) < 4.78 is 12.4. The standard InChI is InChI=1S/C29H29N3O4/c1-35-23-16-31-17-24-26(23)28(34)27(33)22(18-32-13-5-6-14-32)25(20-7-3-2-4-8-20)29(28,36-24)21-11-9-19(15-30)10-12-21/h2-4,7-12,16-17,22,25,27,33-34H,5-6,13-14,18H2,1H3/t22-,25+,27-,28+,29+/m1/s1. The largest absolute Gasteiger partial charge is 0.495 e. The van der Waals surface area contributed by atoms with Gasteiger partial charge in [0.05, 0.1) is 42.8 Å². The zero-order chi connectivity index (χ0) is 24.9. The molecule has 3 aromatic rings. The SMILES string of the molecule is COc1cncc2c1[C@]1(O)[C@H](O)[C@H](CN3CCCC3)[C@H](c3ccccc3)[C@]1(c1ccc(C#N)cc1)O2. The Balaban J connectivity index is 1.63. The van der Waals surface area contributed by atoms with Crippen molar-refractivity contribution >= 4 is 0 Å². The summed E-state index contributed by atoms with van der Waals surface area (Å²) >= 11 is 0. The Morgan fingerprint density at radius 1 is 1.11 bits per heavy atom. The number of rotatable bonds is 5. The fraction of sp³-hybridized carbons (Fsp3) is 0.379. The highest BCUT2D eigenvalue weighted by Crippen LogP contribution is 2.69. The van der Waals surface area contributed by atoms with E-state index < -0.39 is 17.3 Å². The lowest BCUT2D eigenvalue weighted by Gasteiger charge is -2.41. The quantitative estimate of drug-likeness (QED) is 0.575. The van der Waals surface area contributed by atoms with Crippen LogP contribution in [0.15, 0.2) is 67.0 Å². The van der Waals surface area contributed by atoms with E-state index in [1.807, 2.05) is 42.5 Å². The minimum Gasteiger partial charge on any atom is -0.495 e. The minimum absolute atomic E-state index is 0.322. The van der Waals surface area contributed by atoms with E-state index >= 15 is 0 Å².